The highest BCUT2D eigenvalue weighted by Gasteiger charge is 2.49. The van der Waals surface area contributed by atoms with Gasteiger partial charge >= 0.3 is 0 Å². The van der Waals surface area contributed by atoms with E-state index < -0.39 is 5.54 Å². The predicted octanol–water partition coefficient (Wildman–Crippen LogP) is 2.54. The fraction of sp³-hybridized carbons (Fsp3) is 0.636. The van der Waals surface area contributed by atoms with Crippen LogP contribution in [0.1, 0.15) is 66.7 Å². The Bertz CT molecular complexity index is 799. The third kappa shape index (κ3) is 4.60. The molecule has 2 heterocycles. The van der Waals surface area contributed by atoms with E-state index in [0.717, 1.165) is 31.3 Å². The molecule has 1 N–H and O–H groups in total. The second-order valence-electron chi connectivity index (χ2n) is 9.56. The van der Waals surface area contributed by atoms with Crippen LogP contribution < -0.4 is 5.32 Å². The molecule has 0 spiro atoms. The number of carbonyl (C=O) groups excluding carboxylic acids is 3. The van der Waals surface area contributed by atoms with Crippen LogP contribution in [0.15, 0.2) is 28.9 Å². The maximum absolute atomic E-state index is 13.9. The van der Waals surface area contributed by atoms with Gasteiger partial charge in [-0.05, 0) is 59.1 Å². The quantitative estimate of drug-likeness (QED) is 0.786. The molecule has 1 atom stereocenters. The molecule has 1 saturated carbocycles. The number of hydrogen-bond acceptors (Lipinski definition) is 4. The zero-order valence-electron chi connectivity index (χ0n) is 18.1. The lowest BCUT2D eigenvalue weighted by Gasteiger charge is -2.45. The van der Waals surface area contributed by atoms with Gasteiger partial charge < -0.3 is 15.1 Å². The number of rotatable bonds is 4. The summed E-state index contributed by atoms with van der Waals surface area (Å²) in [7, 11) is 0. The van der Waals surface area contributed by atoms with Crippen molar-refractivity contribution in [2.75, 3.05) is 6.54 Å². The van der Waals surface area contributed by atoms with E-state index in [1.165, 1.54) is 0 Å². The maximum atomic E-state index is 13.9. The Morgan fingerprint density at radius 3 is 2.55 bits per heavy atom. The minimum atomic E-state index is -1.09. The number of hydrogen-bond donors (Lipinski definition) is 1. The minimum absolute atomic E-state index is 0.00291. The van der Waals surface area contributed by atoms with Crippen LogP contribution in [0.25, 0.3) is 0 Å². The zero-order chi connectivity index (χ0) is 21.4. The molecular formula is C22H32N4O3. The van der Waals surface area contributed by atoms with Gasteiger partial charge in [-0.15, -0.1) is 0 Å². The van der Waals surface area contributed by atoms with E-state index >= 15 is 0 Å². The van der Waals surface area contributed by atoms with Crippen molar-refractivity contribution in [2.24, 2.45) is 4.99 Å². The summed E-state index contributed by atoms with van der Waals surface area (Å²) in [6.45, 7) is 9.50. The summed E-state index contributed by atoms with van der Waals surface area (Å²) in [4.78, 5) is 46.5. The van der Waals surface area contributed by atoms with Crippen molar-refractivity contribution in [1.29, 1.82) is 0 Å². The van der Waals surface area contributed by atoms with Crippen molar-refractivity contribution in [3.63, 3.8) is 0 Å². The van der Waals surface area contributed by atoms with Crippen molar-refractivity contribution in [3.05, 3.63) is 23.9 Å². The van der Waals surface area contributed by atoms with Gasteiger partial charge in [-0.2, -0.15) is 4.99 Å². The van der Waals surface area contributed by atoms with Crippen LogP contribution in [-0.2, 0) is 14.4 Å². The highest BCUT2D eigenvalue weighted by Crippen LogP contribution is 2.33. The highest BCUT2D eigenvalue weighted by atomic mass is 16.2. The topological polar surface area (TPSA) is 82.1 Å². The predicted molar refractivity (Wildman–Crippen MR) is 112 cm³/mol. The van der Waals surface area contributed by atoms with Gasteiger partial charge in [0.25, 0.3) is 5.91 Å². The van der Waals surface area contributed by atoms with Crippen LogP contribution in [0, 0.1) is 0 Å². The molecule has 7 heteroatoms. The van der Waals surface area contributed by atoms with E-state index in [1.807, 2.05) is 40.0 Å². The van der Waals surface area contributed by atoms with Crippen molar-refractivity contribution in [2.45, 2.75) is 83.8 Å². The Morgan fingerprint density at radius 1 is 1.28 bits per heavy atom. The number of aliphatic imine (C=N–C) groups is 1. The standard InChI is InChI=1S/C22H32N4O3/c1-15-10-11-17-23-18(27)12-22(5,26(17)13-15)20(29)25(16-8-6-7-9-16)14-19(28)24-21(2,3)4/h10-11,13,16H,6-9,12,14H2,1-5H3,(H,24,28)/t22-/m0/s1. The number of amidine groups is 1. The molecular weight excluding hydrogens is 368 g/mol. The van der Waals surface area contributed by atoms with E-state index in [-0.39, 0.29) is 42.3 Å². The molecule has 1 fully saturated rings. The van der Waals surface area contributed by atoms with Gasteiger partial charge in [-0.25, -0.2) is 0 Å². The Hall–Kier alpha value is -2.44. The summed E-state index contributed by atoms with van der Waals surface area (Å²) in [5, 5.41) is 2.96. The zero-order valence-corrected chi connectivity index (χ0v) is 18.1. The van der Waals surface area contributed by atoms with Crippen molar-refractivity contribution >= 4 is 23.6 Å². The summed E-state index contributed by atoms with van der Waals surface area (Å²) >= 11 is 0. The molecule has 0 radical (unpaired) electrons. The number of amides is 3. The molecule has 0 aromatic carbocycles. The fourth-order valence-electron chi connectivity index (χ4n) is 4.32. The van der Waals surface area contributed by atoms with Gasteiger partial charge in [-0.1, -0.05) is 18.9 Å². The molecule has 0 aromatic heterocycles. The molecule has 7 nitrogen and oxygen atoms in total. The Morgan fingerprint density at radius 2 is 1.93 bits per heavy atom. The lowest BCUT2D eigenvalue weighted by molar-refractivity contribution is -0.148. The third-order valence-corrected chi connectivity index (χ3v) is 5.66. The summed E-state index contributed by atoms with van der Waals surface area (Å²) in [5.41, 5.74) is -0.482. The number of nitrogens with one attached hydrogen (secondary N) is 1. The first-order chi connectivity index (χ1) is 13.5. The SMILES string of the molecule is CC1=CN2C(=NC(=O)C[C@@]2(C)C(=O)N(CC(=O)NC(C)(C)C)C2CCCC2)C=C1. The fourth-order valence-corrected chi connectivity index (χ4v) is 4.32. The van der Waals surface area contributed by atoms with Gasteiger partial charge in [0, 0.05) is 17.8 Å². The molecule has 3 amide bonds. The summed E-state index contributed by atoms with van der Waals surface area (Å²) in [5.74, 6) is -0.195. The summed E-state index contributed by atoms with van der Waals surface area (Å²) in [6.07, 6.45) is 9.37. The molecule has 29 heavy (non-hydrogen) atoms. The number of carbonyl (C=O) groups is 3. The molecule has 0 bridgehead atoms. The van der Waals surface area contributed by atoms with Crippen LogP contribution in [0.3, 0.4) is 0 Å². The van der Waals surface area contributed by atoms with E-state index in [0.29, 0.717) is 5.84 Å². The monoisotopic (exact) mass is 400 g/mol. The van der Waals surface area contributed by atoms with Crippen LogP contribution in [0.5, 0.6) is 0 Å². The number of allylic oxidation sites excluding steroid dienone is 2. The largest absolute Gasteiger partial charge is 0.350 e. The second kappa shape index (κ2) is 7.76. The average Bonchev–Trinajstić information content (AvgIpc) is 3.12. The molecule has 3 aliphatic rings. The first kappa shape index (κ1) is 21.3. The Kier molecular flexibility index (Phi) is 5.70. The molecule has 2 aliphatic heterocycles. The first-order valence-corrected chi connectivity index (χ1v) is 10.4. The van der Waals surface area contributed by atoms with Gasteiger partial charge in [0.05, 0.1) is 13.0 Å². The lowest BCUT2D eigenvalue weighted by atomic mass is 9.89. The van der Waals surface area contributed by atoms with Crippen molar-refractivity contribution < 1.29 is 14.4 Å². The molecule has 3 rings (SSSR count). The number of nitrogens with zero attached hydrogens (tertiary/aromatic N) is 3. The van der Waals surface area contributed by atoms with E-state index in [2.05, 4.69) is 10.3 Å². The minimum Gasteiger partial charge on any atom is -0.350 e. The Labute approximate surface area is 172 Å². The van der Waals surface area contributed by atoms with Crippen LogP contribution in [-0.4, -0.2) is 57.0 Å². The smallest absolute Gasteiger partial charge is 0.250 e. The molecule has 0 aromatic rings. The van der Waals surface area contributed by atoms with Crippen molar-refractivity contribution in [1.82, 2.24) is 15.1 Å². The molecule has 0 saturated heterocycles. The maximum Gasteiger partial charge on any atom is 0.250 e. The first-order valence-electron chi connectivity index (χ1n) is 10.4. The van der Waals surface area contributed by atoms with E-state index in [9.17, 15) is 14.4 Å². The van der Waals surface area contributed by atoms with Gasteiger partial charge in [0.1, 0.15) is 11.4 Å². The third-order valence-electron chi connectivity index (χ3n) is 5.66. The molecule has 0 unspecified atom stereocenters. The second-order valence-corrected chi connectivity index (χ2v) is 9.56. The van der Waals surface area contributed by atoms with E-state index in [1.54, 1.807) is 22.8 Å². The van der Waals surface area contributed by atoms with Gasteiger partial charge in [-0.3, -0.25) is 14.4 Å². The normalized spacial score (nSPS) is 24.7. The molecule has 158 valence electrons. The van der Waals surface area contributed by atoms with Gasteiger partial charge in [0.2, 0.25) is 11.8 Å². The Balaban J connectivity index is 1.91. The average molecular weight is 401 g/mol. The molecule has 1 aliphatic carbocycles. The van der Waals surface area contributed by atoms with E-state index in [4.69, 9.17) is 0 Å². The number of fused-ring (bicyclic) bond motifs is 1. The summed E-state index contributed by atoms with van der Waals surface area (Å²) in [6, 6.07) is 0.0212. The van der Waals surface area contributed by atoms with Crippen LogP contribution in [0.4, 0.5) is 0 Å². The highest BCUT2D eigenvalue weighted by molar-refractivity contribution is 6.10. The summed E-state index contributed by atoms with van der Waals surface area (Å²) < 4.78 is 0. The van der Waals surface area contributed by atoms with Crippen molar-refractivity contribution in [3.8, 4) is 0 Å². The van der Waals surface area contributed by atoms with Crippen LogP contribution >= 0.6 is 0 Å². The van der Waals surface area contributed by atoms with Gasteiger partial charge in [0.15, 0.2) is 0 Å². The van der Waals surface area contributed by atoms with Crippen LogP contribution in [0.2, 0.25) is 0 Å². The lowest BCUT2D eigenvalue weighted by Crippen LogP contribution is -2.63.